The van der Waals surface area contributed by atoms with E-state index in [0.717, 1.165) is 5.56 Å². The molecule has 1 heterocycles. The molecule has 80 valence electrons. The zero-order valence-electron chi connectivity index (χ0n) is 8.11. The lowest BCUT2D eigenvalue weighted by atomic mass is 9.96. The van der Waals surface area contributed by atoms with Gasteiger partial charge >= 0.3 is 5.97 Å². The lowest BCUT2D eigenvalue weighted by Crippen LogP contribution is -2.29. The number of nitrogens with one attached hydrogen (secondary N) is 1. The van der Waals surface area contributed by atoms with Gasteiger partial charge in [-0.15, -0.1) is 0 Å². The number of carboxylic acids is 1. The van der Waals surface area contributed by atoms with Crippen LogP contribution in [0.5, 0.6) is 0 Å². The third-order valence-electron chi connectivity index (χ3n) is 2.75. The highest BCUT2D eigenvalue weighted by Gasteiger charge is 2.29. The minimum Gasteiger partial charge on any atom is -0.480 e. The third-order valence-corrected chi connectivity index (χ3v) is 2.75. The Morgan fingerprint density at radius 2 is 2.33 bits per heavy atom. The van der Waals surface area contributed by atoms with Gasteiger partial charge in [-0.05, 0) is 30.0 Å². The number of hydrogen-bond donors (Lipinski definition) is 2. The number of carboxylic acid groups (broad SMARTS) is 1. The van der Waals surface area contributed by atoms with Crippen LogP contribution in [0.2, 0.25) is 0 Å². The predicted molar refractivity (Wildman–Crippen MR) is 53.2 cm³/mol. The zero-order valence-corrected chi connectivity index (χ0v) is 8.11. The highest BCUT2D eigenvalue weighted by molar-refractivity contribution is 5.74. The van der Waals surface area contributed by atoms with Gasteiger partial charge in [-0.3, -0.25) is 4.79 Å². The Balaban J connectivity index is 2.11. The zero-order chi connectivity index (χ0) is 10.8. The van der Waals surface area contributed by atoms with Crippen LogP contribution in [0.15, 0.2) is 24.3 Å². The first-order valence-electron chi connectivity index (χ1n) is 4.88. The molecule has 1 aliphatic rings. The monoisotopic (exact) mass is 209 g/mol. The van der Waals surface area contributed by atoms with E-state index in [9.17, 15) is 9.18 Å². The van der Waals surface area contributed by atoms with Crippen LogP contribution in [-0.4, -0.2) is 23.7 Å². The van der Waals surface area contributed by atoms with Crippen LogP contribution in [0.1, 0.15) is 17.9 Å². The van der Waals surface area contributed by atoms with Crippen molar-refractivity contribution < 1.29 is 14.3 Å². The molecule has 3 nitrogen and oxygen atoms in total. The Kier molecular flexibility index (Phi) is 2.68. The van der Waals surface area contributed by atoms with Gasteiger partial charge in [0.25, 0.3) is 0 Å². The highest BCUT2D eigenvalue weighted by atomic mass is 19.1. The first-order valence-corrected chi connectivity index (χ1v) is 4.88. The molecule has 0 bridgehead atoms. The van der Waals surface area contributed by atoms with Crippen LogP contribution in [0.4, 0.5) is 4.39 Å². The van der Waals surface area contributed by atoms with E-state index in [2.05, 4.69) is 5.32 Å². The second-order valence-electron chi connectivity index (χ2n) is 3.79. The molecule has 0 spiro atoms. The summed E-state index contributed by atoms with van der Waals surface area (Å²) in [4.78, 5) is 10.7. The molecule has 4 heteroatoms. The van der Waals surface area contributed by atoms with Crippen LogP contribution in [-0.2, 0) is 4.79 Å². The molecule has 0 aromatic heterocycles. The normalized spacial score (nSPS) is 25.4. The summed E-state index contributed by atoms with van der Waals surface area (Å²) in [5.41, 5.74) is 0.867. The maximum absolute atomic E-state index is 12.9. The van der Waals surface area contributed by atoms with Gasteiger partial charge in [0.15, 0.2) is 0 Å². The quantitative estimate of drug-likeness (QED) is 0.773. The van der Waals surface area contributed by atoms with Crippen molar-refractivity contribution >= 4 is 5.97 Å². The first kappa shape index (κ1) is 10.1. The van der Waals surface area contributed by atoms with E-state index in [1.807, 2.05) is 6.07 Å². The van der Waals surface area contributed by atoms with Crippen molar-refractivity contribution in [3.63, 3.8) is 0 Å². The minimum atomic E-state index is -0.839. The lowest BCUT2D eigenvalue weighted by Gasteiger charge is -2.08. The molecule has 1 aromatic rings. The maximum atomic E-state index is 12.9. The van der Waals surface area contributed by atoms with Gasteiger partial charge in [0.2, 0.25) is 0 Å². The largest absolute Gasteiger partial charge is 0.480 e. The second-order valence-corrected chi connectivity index (χ2v) is 3.79. The number of rotatable bonds is 2. The second kappa shape index (κ2) is 3.98. The van der Waals surface area contributed by atoms with Gasteiger partial charge < -0.3 is 10.4 Å². The summed E-state index contributed by atoms with van der Waals surface area (Å²) < 4.78 is 12.9. The third kappa shape index (κ3) is 2.15. The number of benzene rings is 1. The molecule has 0 unspecified atom stereocenters. The van der Waals surface area contributed by atoms with Crippen LogP contribution in [0, 0.1) is 5.82 Å². The Labute approximate surface area is 86.9 Å². The molecule has 1 aliphatic heterocycles. The summed E-state index contributed by atoms with van der Waals surface area (Å²) in [7, 11) is 0. The Hall–Kier alpha value is -1.42. The van der Waals surface area contributed by atoms with Gasteiger partial charge in [-0.25, -0.2) is 4.39 Å². The molecule has 0 amide bonds. The van der Waals surface area contributed by atoms with E-state index in [1.54, 1.807) is 6.07 Å². The lowest BCUT2D eigenvalue weighted by molar-refractivity contribution is -0.139. The molecule has 0 saturated carbocycles. The number of hydrogen-bond acceptors (Lipinski definition) is 2. The van der Waals surface area contributed by atoms with Crippen LogP contribution in [0.25, 0.3) is 0 Å². The topological polar surface area (TPSA) is 49.3 Å². The smallest absolute Gasteiger partial charge is 0.320 e. The fourth-order valence-electron chi connectivity index (χ4n) is 1.94. The first-order chi connectivity index (χ1) is 7.16. The summed E-state index contributed by atoms with van der Waals surface area (Å²) in [6.07, 6.45) is 0.527. The number of carbonyl (C=O) groups is 1. The predicted octanol–water partition coefficient (Wildman–Crippen LogP) is 1.36. The van der Waals surface area contributed by atoms with Gasteiger partial charge in [-0.1, -0.05) is 12.1 Å². The molecule has 0 radical (unpaired) electrons. The summed E-state index contributed by atoms with van der Waals surface area (Å²) in [5.74, 6) is -1.01. The van der Waals surface area contributed by atoms with Crippen molar-refractivity contribution in [2.75, 3.05) is 6.54 Å². The summed E-state index contributed by atoms with van der Waals surface area (Å²) in [6, 6.07) is 5.84. The van der Waals surface area contributed by atoms with E-state index in [-0.39, 0.29) is 11.7 Å². The molecule has 1 saturated heterocycles. The average Bonchev–Trinajstić information content (AvgIpc) is 2.66. The maximum Gasteiger partial charge on any atom is 0.320 e. The molecular formula is C11H12FNO2. The van der Waals surface area contributed by atoms with E-state index < -0.39 is 12.0 Å². The molecule has 1 aromatic carbocycles. The van der Waals surface area contributed by atoms with Crippen LogP contribution in [0.3, 0.4) is 0 Å². The van der Waals surface area contributed by atoms with Gasteiger partial charge in [-0.2, -0.15) is 0 Å². The minimum absolute atomic E-state index is 0.0989. The van der Waals surface area contributed by atoms with Crippen LogP contribution >= 0.6 is 0 Å². The molecule has 2 N–H and O–H groups in total. The molecule has 0 aliphatic carbocycles. The Bertz CT molecular complexity index is 381. The average molecular weight is 209 g/mol. The Morgan fingerprint density at radius 1 is 1.53 bits per heavy atom. The van der Waals surface area contributed by atoms with E-state index in [0.29, 0.717) is 13.0 Å². The van der Waals surface area contributed by atoms with Crippen molar-refractivity contribution in [2.45, 2.75) is 18.4 Å². The molecule has 2 atom stereocenters. The van der Waals surface area contributed by atoms with E-state index >= 15 is 0 Å². The fraction of sp³-hybridized carbons (Fsp3) is 0.364. The molecule has 2 rings (SSSR count). The molecule has 15 heavy (non-hydrogen) atoms. The van der Waals surface area contributed by atoms with Gasteiger partial charge in [0, 0.05) is 6.54 Å². The summed E-state index contributed by atoms with van der Waals surface area (Å²) in [5, 5.41) is 11.7. The SMILES string of the molecule is O=C(O)[C@H]1C[C@H](c2cccc(F)c2)CN1. The summed E-state index contributed by atoms with van der Waals surface area (Å²) >= 11 is 0. The Morgan fingerprint density at radius 3 is 2.93 bits per heavy atom. The molecule has 1 fully saturated rings. The fourth-order valence-corrected chi connectivity index (χ4v) is 1.94. The van der Waals surface area contributed by atoms with Gasteiger partial charge in [0.05, 0.1) is 0 Å². The number of halogens is 1. The summed E-state index contributed by atoms with van der Waals surface area (Å²) in [6.45, 7) is 0.598. The van der Waals surface area contributed by atoms with Crippen molar-refractivity contribution in [2.24, 2.45) is 0 Å². The van der Waals surface area contributed by atoms with Crippen LogP contribution < -0.4 is 5.32 Å². The molecular weight excluding hydrogens is 197 g/mol. The van der Waals surface area contributed by atoms with Crippen molar-refractivity contribution in [3.8, 4) is 0 Å². The van der Waals surface area contributed by atoms with Gasteiger partial charge in [0.1, 0.15) is 11.9 Å². The van der Waals surface area contributed by atoms with Crippen molar-refractivity contribution in [1.82, 2.24) is 5.32 Å². The van der Waals surface area contributed by atoms with Crippen molar-refractivity contribution in [1.29, 1.82) is 0 Å². The van der Waals surface area contributed by atoms with E-state index in [1.165, 1.54) is 12.1 Å². The van der Waals surface area contributed by atoms with Crippen molar-refractivity contribution in [3.05, 3.63) is 35.6 Å². The number of aliphatic carboxylic acids is 1. The standard InChI is InChI=1S/C11H12FNO2/c12-9-3-1-2-7(4-9)8-5-10(11(14)15)13-6-8/h1-4,8,10,13H,5-6H2,(H,14,15)/t8-,10+/m0/s1. The van der Waals surface area contributed by atoms with E-state index in [4.69, 9.17) is 5.11 Å². The highest BCUT2D eigenvalue weighted by Crippen LogP contribution is 2.26.